The fourth-order valence-corrected chi connectivity index (χ4v) is 3.96. The second kappa shape index (κ2) is 10.3. The molecule has 30 heavy (non-hydrogen) atoms. The molecule has 1 saturated heterocycles. The van der Waals surface area contributed by atoms with Crippen LogP contribution in [0, 0.1) is 18.6 Å². The first-order chi connectivity index (χ1) is 14.5. The van der Waals surface area contributed by atoms with Crippen molar-refractivity contribution < 1.29 is 13.6 Å². The maximum atomic E-state index is 14.0. The molecule has 7 nitrogen and oxygen atoms in total. The normalized spacial score (nSPS) is 14.7. The van der Waals surface area contributed by atoms with E-state index in [-0.39, 0.29) is 11.6 Å². The zero-order chi connectivity index (χ0) is 21.5. The number of guanidine groups is 1. The molecule has 2 heterocycles. The molecule has 0 spiro atoms. The number of benzene rings is 1. The highest BCUT2D eigenvalue weighted by Crippen LogP contribution is 2.22. The molecular formula is C20H26F2N6OS. The number of carbonyl (C=O) groups is 1. The number of rotatable bonds is 6. The van der Waals surface area contributed by atoms with Crippen LogP contribution in [0.2, 0.25) is 0 Å². The number of hydrogen-bond acceptors (Lipinski definition) is 5. The predicted molar refractivity (Wildman–Crippen MR) is 115 cm³/mol. The Hall–Kier alpha value is -2.75. The molecule has 1 aromatic heterocycles. The number of aromatic nitrogens is 1. The van der Waals surface area contributed by atoms with Crippen molar-refractivity contribution in [2.24, 2.45) is 4.99 Å². The van der Waals surface area contributed by atoms with E-state index in [2.05, 4.69) is 25.5 Å². The van der Waals surface area contributed by atoms with Gasteiger partial charge in [0.25, 0.3) is 5.91 Å². The summed E-state index contributed by atoms with van der Waals surface area (Å²) >= 11 is 1.32. The highest BCUT2D eigenvalue weighted by atomic mass is 32.1. The van der Waals surface area contributed by atoms with Crippen molar-refractivity contribution in [2.45, 2.75) is 13.8 Å². The maximum Gasteiger partial charge on any atom is 0.263 e. The van der Waals surface area contributed by atoms with Crippen molar-refractivity contribution in [3.8, 4) is 0 Å². The first-order valence-corrected chi connectivity index (χ1v) is 10.8. The van der Waals surface area contributed by atoms with Crippen molar-refractivity contribution in [1.82, 2.24) is 20.5 Å². The van der Waals surface area contributed by atoms with Gasteiger partial charge in [-0.15, -0.1) is 11.3 Å². The average molecular weight is 437 g/mol. The lowest BCUT2D eigenvalue weighted by Gasteiger charge is -2.37. The van der Waals surface area contributed by atoms with Crippen LogP contribution in [0.5, 0.6) is 0 Å². The van der Waals surface area contributed by atoms with E-state index in [1.807, 2.05) is 18.7 Å². The first kappa shape index (κ1) is 21.9. The van der Waals surface area contributed by atoms with Gasteiger partial charge in [-0.1, -0.05) is 0 Å². The molecule has 162 valence electrons. The lowest BCUT2D eigenvalue weighted by atomic mass is 10.2. The third kappa shape index (κ3) is 5.44. The van der Waals surface area contributed by atoms with E-state index in [0.29, 0.717) is 50.7 Å². The van der Waals surface area contributed by atoms with Gasteiger partial charge in [0, 0.05) is 45.3 Å². The highest BCUT2D eigenvalue weighted by molar-refractivity contribution is 7.11. The van der Waals surface area contributed by atoms with E-state index in [0.717, 1.165) is 23.8 Å². The van der Waals surface area contributed by atoms with Crippen molar-refractivity contribution in [2.75, 3.05) is 50.7 Å². The van der Waals surface area contributed by atoms with Crippen molar-refractivity contribution in [3.05, 3.63) is 45.9 Å². The Bertz CT molecular complexity index is 895. The van der Waals surface area contributed by atoms with Crippen LogP contribution in [-0.2, 0) is 0 Å². The standard InChI is InChI=1S/C20H26F2N6OS/c1-3-23-20(25-7-6-24-19(29)18-14(2)26-13-30-18)28-10-8-27(9-11-28)17-12-15(21)4-5-16(17)22/h4-5,12-13H,3,6-11H2,1-2H3,(H,23,25)(H,24,29). The highest BCUT2D eigenvalue weighted by Gasteiger charge is 2.22. The van der Waals surface area contributed by atoms with Crippen molar-refractivity contribution in [3.63, 3.8) is 0 Å². The average Bonchev–Trinajstić information content (AvgIpc) is 3.18. The summed E-state index contributed by atoms with van der Waals surface area (Å²) in [7, 11) is 0. The monoisotopic (exact) mass is 436 g/mol. The van der Waals surface area contributed by atoms with Crippen LogP contribution >= 0.6 is 11.3 Å². The van der Waals surface area contributed by atoms with E-state index in [4.69, 9.17) is 0 Å². The summed E-state index contributed by atoms with van der Waals surface area (Å²) in [5.74, 6) is -0.252. The molecule has 0 unspecified atom stereocenters. The molecular weight excluding hydrogens is 410 g/mol. The van der Waals surface area contributed by atoms with Gasteiger partial charge in [0.2, 0.25) is 0 Å². The molecule has 10 heteroatoms. The number of anilines is 1. The summed E-state index contributed by atoms with van der Waals surface area (Å²) < 4.78 is 27.5. The molecule has 0 aliphatic carbocycles. The Morgan fingerprint density at radius 2 is 2.00 bits per heavy atom. The lowest BCUT2D eigenvalue weighted by Crippen LogP contribution is -2.53. The van der Waals surface area contributed by atoms with Gasteiger partial charge in [-0.25, -0.2) is 13.8 Å². The molecule has 1 amide bonds. The second-order valence-electron chi connectivity index (χ2n) is 6.83. The summed E-state index contributed by atoms with van der Waals surface area (Å²) in [4.78, 5) is 25.4. The van der Waals surface area contributed by atoms with Gasteiger partial charge in [-0.2, -0.15) is 0 Å². The molecule has 1 fully saturated rings. The van der Waals surface area contributed by atoms with Gasteiger partial charge in [0.05, 0.1) is 23.4 Å². The molecule has 0 bridgehead atoms. The van der Waals surface area contributed by atoms with Gasteiger partial charge < -0.3 is 20.4 Å². The topological polar surface area (TPSA) is 72.9 Å². The molecule has 0 radical (unpaired) electrons. The Kier molecular flexibility index (Phi) is 7.56. The second-order valence-corrected chi connectivity index (χ2v) is 7.68. The summed E-state index contributed by atoms with van der Waals surface area (Å²) in [5.41, 5.74) is 2.67. The van der Waals surface area contributed by atoms with E-state index in [1.54, 1.807) is 5.51 Å². The lowest BCUT2D eigenvalue weighted by molar-refractivity contribution is 0.0958. The largest absolute Gasteiger partial charge is 0.366 e. The molecule has 1 aliphatic heterocycles. The smallest absolute Gasteiger partial charge is 0.263 e. The number of hydrogen-bond donors (Lipinski definition) is 2. The molecule has 1 aliphatic rings. The minimum Gasteiger partial charge on any atom is -0.366 e. The number of amides is 1. The number of halogens is 2. The number of aryl methyl sites for hydroxylation is 1. The number of carbonyl (C=O) groups excluding carboxylic acids is 1. The summed E-state index contributed by atoms with van der Waals surface area (Å²) in [6.07, 6.45) is 0. The van der Waals surface area contributed by atoms with E-state index in [9.17, 15) is 13.6 Å². The zero-order valence-corrected chi connectivity index (χ0v) is 17.9. The fraction of sp³-hybridized carbons (Fsp3) is 0.450. The SMILES string of the molecule is CCNC(=NCCNC(=O)c1scnc1C)N1CCN(c2cc(F)ccc2F)CC1. The number of piperazine rings is 1. The Balaban J connectivity index is 1.53. The minimum atomic E-state index is -0.445. The van der Waals surface area contributed by atoms with Crippen LogP contribution in [0.25, 0.3) is 0 Å². The van der Waals surface area contributed by atoms with Gasteiger partial charge in [-0.05, 0) is 26.0 Å². The molecule has 1 aromatic carbocycles. The number of nitrogens with one attached hydrogen (secondary N) is 2. The minimum absolute atomic E-state index is 0.138. The summed E-state index contributed by atoms with van der Waals surface area (Å²) in [5, 5.41) is 6.11. The van der Waals surface area contributed by atoms with Crippen molar-refractivity contribution >= 4 is 28.9 Å². The van der Waals surface area contributed by atoms with Gasteiger partial charge >= 0.3 is 0 Å². The molecule has 2 aromatic rings. The van der Waals surface area contributed by atoms with E-state index >= 15 is 0 Å². The van der Waals surface area contributed by atoms with Crippen LogP contribution < -0.4 is 15.5 Å². The quantitative estimate of drug-likeness (QED) is 0.413. The van der Waals surface area contributed by atoms with Crippen LogP contribution in [0.15, 0.2) is 28.7 Å². The van der Waals surface area contributed by atoms with Crippen LogP contribution in [0.4, 0.5) is 14.5 Å². The molecule has 0 saturated carbocycles. The van der Waals surface area contributed by atoms with Gasteiger partial charge in [0.1, 0.15) is 16.5 Å². The van der Waals surface area contributed by atoms with E-state index < -0.39 is 11.6 Å². The van der Waals surface area contributed by atoms with Gasteiger partial charge in [-0.3, -0.25) is 9.79 Å². The Labute approximate surface area is 178 Å². The number of aliphatic imine (C=N–C) groups is 1. The van der Waals surface area contributed by atoms with Crippen LogP contribution in [0.3, 0.4) is 0 Å². The van der Waals surface area contributed by atoms with Crippen molar-refractivity contribution in [1.29, 1.82) is 0 Å². The molecule has 2 N–H and O–H groups in total. The van der Waals surface area contributed by atoms with Crippen LogP contribution in [-0.4, -0.2) is 67.6 Å². The number of nitrogens with zero attached hydrogens (tertiary/aromatic N) is 4. The summed E-state index contributed by atoms with van der Waals surface area (Å²) in [6.45, 7) is 7.75. The maximum absolute atomic E-state index is 14.0. The Morgan fingerprint density at radius 1 is 1.23 bits per heavy atom. The van der Waals surface area contributed by atoms with E-state index in [1.165, 1.54) is 17.4 Å². The number of thiazole rings is 1. The van der Waals surface area contributed by atoms with Crippen LogP contribution in [0.1, 0.15) is 22.3 Å². The molecule has 3 rings (SSSR count). The van der Waals surface area contributed by atoms with Gasteiger partial charge in [0.15, 0.2) is 5.96 Å². The third-order valence-electron chi connectivity index (χ3n) is 4.77. The first-order valence-electron chi connectivity index (χ1n) is 9.91. The molecule has 0 atom stereocenters. The third-order valence-corrected chi connectivity index (χ3v) is 5.70. The Morgan fingerprint density at radius 3 is 2.67 bits per heavy atom. The summed E-state index contributed by atoms with van der Waals surface area (Å²) in [6, 6.07) is 3.52. The zero-order valence-electron chi connectivity index (χ0n) is 17.1. The fourth-order valence-electron chi connectivity index (χ4n) is 3.24. The predicted octanol–water partition coefficient (Wildman–Crippen LogP) is 2.25.